The number of hydrogen-bond donors (Lipinski definition) is 0. The van der Waals surface area contributed by atoms with E-state index in [-0.39, 0.29) is 5.56 Å². The normalized spacial score (nSPS) is 10.1. The minimum atomic E-state index is -1.00. The van der Waals surface area contributed by atoms with E-state index in [4.69, 9.17) is 5.26 Å². The maximum Gasteiger partial charge on any atom is 0.344 e. The molecule has 0 aliphatic heterocycles. The van der Waals surface area contributed by atoms with Crippen LogP contribution in [0.3, 0.4) is 0 Å². The summed E-state index contributed by atoms with van der Waals surface area (Å²) in [4.78, 5) is 21.2. The minimum absolute atomic E-state index is 0.157. The van der Waals surface area contributed by atoms with Crippen LogP contribution < -0.4 is 0 Å². The molecule has 18 heavy (non-hydrogen) atoms. The first-order valence-electron chi connectivity index (χ1n) is 4.63. The van der Waals surface area contributed by atoms with Crippen molar-refractivity contribution in [3.63, 3.8) is 0 Å². The van der Waals surface area contributed by atoms with Crippen molar-refractivity contribution in [3.8, 4) is 6.07 Å². The number of halogens is 1. The van der Waals surface area contributed by atoms with Gasteiger partial charge in [-0.15, -0.1) is 0 Å². The van der Waals surface area contributed by atoms with Crippen molar-refractivity contribution in [1.82, 2.24) is 0 Å². The van der Waals surface area contributed by atoms with Gasteiger partial charge in [0.25, 0.3) is 5.69 Å². The van der Waals surface area contributed by atoms with Gasteiger partial charge in [-0.1, -0.05) is 0 Å². The summed E-state index contributed by atoms with van der Waals surface area (Å²) in [5, 5.41) is 19.1. The van der Waals surface area contributed by atoms with E-state index in [0.29, 0.717) is 6.07 Å². The largest absolute Gasteiger partial charge is 0.465 e. The zero-order chi connectivity index (χ0) is 13.7. The molecule has 0 spiro atoms. The van der Waals surface area contributed by atoms with E-state index in [9.17, 15) is 19.3 Å². The van der Waals surface area contributed by atoms with Crippen LogP contribution in [0.4, 0.5) is 10.1 Å². The molecule has 0 heterocycles. The zero-order valence-electron chi connectivity index (χ0n) is 9.21. The summed E-state index contributed by atoms with van der Waals surface area (Å²) in [5.41, 5.74) is -1.22. The first kappa shape index (κ1) is 13.3. The highest BCUT2D eigenvalue weighted by molar-refractivity contribution is 5.94. The molecule has 7 heteroatoms. The number of hydrogen-bond acceptors (Lipinski definition) is 5. The Morgan fingerprint density at radius 2 is 2.28 bits per heavy atom. The molecule has 0 fully saturated rings. The summed E-state index contributed by atoms with van der Waals surface area (Å²) in [6.07, 6.45) is 2.04. The highest BCUT2D eigenvalue weighted by Crippen LogP contribution is 2.24. The lowest BCUT2D eigenvalue weighted by atomic mass is 10.1. The zero-order valence-corrected chi connectivity index (χ0v) is 9.21. The summed E-state index contributed by atoms with van der Waals surface area (Å²) in [6, 6.07) is 3.21. The van der Waals surface area contributed by atoms with E-state index >= 15 is 0 Å². The second-order valence-electron chi connectivity index (χ2n) is 3.10. The highest BCUT2D eigenvalue weighted by atomic mass is 19.1. The van der Waals surface area contributed by atoms with E-state index in [0.717, 1.165) is 25.3 Å². The molecule has 1 aromatic rings. The smallest absolute Gasteiger partial charge is 0.344 e. The van der Waals surface area contributed by atoms with Gasteiger partial charge in [-0.05, 0) is 12.1 Å². The van der Waals surface area contributed by atoms with Gasteiger partial charge in [0, 0.05) is 17.7 Å². The van der Waals surface area contributed by atoms with Gasteiger partial charge in [0.2, 0.25) is 0 Å². The van der Waals surface area contributed by atoms with Gasteiger partial charge in [0.05, 0.1) is 18.1 Å². The number of carbonyl (C=O) groups excluding carboxylic acids is 1. The van der Waals surface area contributed by atoms with Crippen LogP contribution in [0.15, 0.2) is 18.2 Å². The molecular formula is C11H7FN2O4. The molecule has 0 amide bonds. The number of rotatable bonds is 3. The molecule has 0 saturated carbocycles. The van der Waals surface area contributed by atoms with Gasteiger partial charge in [-0.3, -0.25) is 10.1 Å². The molecule has 0 atom stereocenters. The maximum atomic E-state index is 13.5. The number of nitro benzene ring substituents is 1. The topological polar surface area (TPSA) is 93.2 Å². The molecule has 0 unspecified atom stereocenters. The highest BCUT2D eigenvalue weighted by Gasteiger charge is 2.23. The number of allylic oxidation sites excluding steroid dienone is 1. The molecule has 0 radical (unpaired) electrons. The van der Waals surface area contributed by atoms with Gasteiger partial charge in [0.15, 0.2) is 0 Å². The Hall–Kier alpha value is -2.75. The minimum Gasteiger partial charge on any atom is -0.465 e. The summed E-state index contributed by atoms with van der Waals surface area (Å²) >= 11 is 0. The number of carbonyl (C=O) groups is 1. The van der Waals surface area contributed by atoms with Crippen LogP contribution in [0, 0.1) is 27.3 Å². The number of nitrogens with zero attached hydrogens (tertiary/aromatic N) is 2. The molecular weight excluding hydrogens is 243 g/mol. The predicted octanol–water partition coefficient (Wildman–Crippen LogP) is 2.06. The standard InChI is InChI=1S/C11H7FN2O4/c1-18-11(15)8-6-9(12)7(3-2-4-13)5-10(8)14(16)17/h2-3,5-6H,1H3. The number of esters is 1. The Balaban J connectivity index is 3.44. The Labute approximate surface area is 101 Å². The predicted molar refractivity (Wildman–Crippen MR) is 59.0 cm³/mol. The number of nitriles is 1. The summed E-state index contributed by atoms with van der Waals surface area (Å²) in [6.45, 7) is 0. The Bertz CT molecular complexity index is 575. The van der Waals surface area contributed by atoms with E-state index in [1.54, 1.807) is 6.07 Å². The fourth-order valence-corrected chi connectivity index (χ4v) is 1.26. The van der Waals surface area contributed by atoms with Crippen LogP contribution in [-0.4, -0.2) is 18.0 Å². The third-order valence-corrected chi connectivity index (χ3v) is 2.05. The quantitative estimate of drug-likeness (QED) is 0.354. The Morgan fingerprint density at radius 3 is 2.78 bits per heavy atom. The second-order valence-corrected chi connectivity index (χ2v) is 3.10. The van der Waals surface area contributed by atoms with Crippen LogP contribution in [0.5, 0.6) is 0 Å². The Kier molecular flexibility index (Phi) is 4.10. The first-order valence-corrected chi connectivity index (χ1v) is 4.63. The molecule has 1 rings (SSSR count). The molecule has 0 N–H and O–H groups in total. The van der Waals surface area contributed by atoms with E-state index in [1.165, 1.54) is 0 Å². The lowest BCUT2D eigenvalue weighted by molar-refractivity contribution is -0.385. The maximum absolute atomic E-state index is 13.5. The van der Waals surface area contributed by atoms with E-state index in [1.807, 2.05) is 0 Å². The van der Waals surface area contributed by atoms with E-state index in [2.05, 4.69) is 4.74 Å². The Morgan fingerprint density at radius 1 is 1.61 bits per heavy atom. The van der Waals surface area contributed by atoms with Gasteiger partial charge in [-0.2, -0.15) is 5.26 Å². The summed E-state index contributed by atoms with van der Waals surface area (Å²) < 4.78 is 17.8. The SMILES string of the molecule is COC(=O)c1cc(F)c(C=CC#N)cc1[N+](=O)[O-]. The summed E-state index contributed by atoms with van der Waals surface area (Å²) in [7, 11) is 1.04. The fraction of sp³-hybridized carbons (Fsp3) is 0.0909. The molecule has 0 aromatic heterocycles. The monoisotopic (exact) mass is 250 g/mol. The second kappa shape index (κ2) is 5.54. The molecule has 0 aliphatic carbocycles. The van der Waals surface area contributed by atoms with Crippen LogP contribution in [0.25, 0.3) is 6.08 Å². The summed E-state index contributed by atoms with van der Waals surface area (Å²) in [5.74, 6) is -1.86. The molecule has 6 nitrogen and oxygen atoms in total. The lowest BCUT2D eigenvalue weighted by Gasteiger charge is -2.03. The first-order chi connectivity index (χ1) is 8.51. The van der Waals surface area contributed by atoms with Crippen molar-refractivity contribution in [1.29, 1.82) is 5.26 Å². The average molecular weight is 250 g/mol. The van der Waals surface area contributed by atoms with Crippen molar-refractivity contribution in [3.05, 3.63) is 45.3 Å². The van der Waals surface area contributed by atoms with Crippen LogP contribution in [0.2, 0.25) is 0 Å². The van der Waals surface area contributed by atoms with Crippen LogP contribution in [-0.2, 0) is 4.74 Å². The van der Waals surface area contributed by atoms with Gasteiger partial charge < -0.3 is 4.74 Å². The lowest BCUT2D eigenvalue weighted by Crippen LogP contribution is -2.07. The van der Waals surface area contributed by atoms with Gasteiger partial charge in [0.1, 0.15) is 11.4 Å². The van der Waals surface area contributed by atoms with Crippen LogP contribution >= 0.6 is 0 Å². The van der Waals surface area contributed by atoms with Crippen LogP contribution in [0.1, 0.15) is 15.9 Å². The van der Waals surface area contributed by atoms with Gasteiger partial charge >= 0.3 is 5.97 Å². The van der Waals surface area contributed by atoms with Crippen molar-refractivity contribution in [2.75, 3.05) is 7.11 Å². The average Bonchev–Trinajstić information content (AvgIpc) is 2.35. The number of methoxy groups -OCH3 is 1. The van der Waals surface area contributed by atoms with E-state index < -0.39 is 28.0 Å². The third-order valence-electron chi connectivity index (χ3n) is 2.05. The molecule has 92 valence electrons. The molecule has 0 bridgehead atoms. The van der Waals surface area contributed by atoms with Crippen molar-refractivity contribution in [2.45, 2.75) is 0 Å². The molecule has 1 aromatic carbocycles. The fourth-order valence-electron chi connectivity index (χ4n) is 1.26. The van der Waals surface area contributed by atoms with Crippen molar-refractivity contribution < 1.29 is 18.8 Å². The molecule has 0 saturated heterocycles. The number of ether oxygens (including phenoxy) is 1. The molecule has 0 aliphatic rings. The van der Waals surface area contributed by atoms with Gasteiger partial charge in [-0.25, -0.2) is 9.18 Å². The third kappa shape index (κ3) is 2.68. The van der Waals surface area contributed by atoms with Crippen molar-refractivity contribution >= 4 is 17.7 Å². The van der Waals surface area contributed by atoms with Crippen molar-refractivity contribution in [2.24, 2.45) is 0 Å². The number of benzene rings is 1. The number of nitro groups is 1.